The fourth-order valence-corrected chi connectivity index (χ4v) is 3.54. The van der Waals surface area contributed by atoms with Crippen LogP contribution in [0.5, 0.6) is 11.5 Å². The molecule has 0 saturated heterocycles. The van der Waals surface area contributed by atoms with Crippen LogP contribution in [0.25, 0.3) is 22.0 Å². The highest BCUT2D eigenvalue weighted by atomic mass is 32.2. The van der Waals surface area contributed by atoms with Gasteiger partial charge in [0.25, 0.3) is 5.56 Å². The number of rotatable bonds is 7. The van der Waals surface area contributed by atoms with Gasteiger partial charge in [0.1, 0.15) is 17.6 Å². The van der Waals surface area contributed by atoms with Crippen molar-refractivity contribution in [2.75, 3.05) is 6.54 Å². The van der Waals surface area contributed by atoms with Gasteiger partial charge in [0.2, 0.25) is 11.3 Å². The van der Waals surface area contributed by atoms with Gasteiger partial charge < -0.3 is 14.3 Å². The third-order valence-corrected chi connectivity index (χ3v) is 5.08. The number of hydrogen-bond donors (Lipinski definition) is 3. The van der Waals surface area contributed by atoms with E-state index in [0.717, 1.165) is 22.1 Å². The molecule has 0 fully saturated rings. The van der Waals surface area contributed by atoms with Gasteiger partial charge in [-0.15, -0.1) is 0 Å². The van der Waals surface area contributed by atoms with Crippen LogP contribution < -0.4 is 15.0 Å². The Bertz CT molecular complexity index is 1270. The smallest absolute Gasteiger partial charge is 0.274 e. The molecule has 1 atom stereocenters. The zero-order chi connectivity index (χ0) is 21.1. The van der Waals surface area contributed by atoms with Crippen LogP contribution in [0.15, 0.2) is 60.2 Å². The maximum absolute atomic E-state index is 12.4. The predicted molar refractivity (Wildman–Crippen MR) is 114 cm³/mol. The zero-order valence-electron chi connectivity index (χ0n) is 16.0. The summed E-state index contributed by atoms with van der Waals surface area (Å²) < 4.78 is 29.8. The second-order valence-corrected chi connectivity index (χ2v) is 7.41. The molecule has 154 valence electrons. The average Bonchev–Trinajstić information content (AvgIpc) is 3.22. The van der Waals surface area contributed by atoms with Crippen molar-refractivity contribution < 1.29 is 13.5 Å². The number of fused-ring (bicyclic) bond motifs is 1. The molecule has 1 aromatic carbocycles. The zero-order valence-corrected chi connectivity index (χ0v) is 16.8. The van der Waals surface area contributed by atoms with Gasteiger partial charge in [-0.05, 0) is 30.2 Å². The standard InChI is InChI=1S/C20H19N5O4S/c1-25-11-17(15-5-6-23-19(15)20(25)26)16-8-13(4-7-24-30(27)28)2-3-18(16)29-14-9-21-12-22-10-14/h2-3,5-6,8-12,23-24H,4,7H2,1H3,(H,27,28). The number of aryl methyl sites for hydroxylation is 1. The normalized spacial score (nSPS) is 12.2. The molecule has 30 heavy (non-hydrogen) atoms. The molecule has 3 aromatic heterocycles. The molecule has 3 N–H and O–H groups in total. The summed E-state index contributed by atoms with van der Waals surface area (Å²) >= 11 is -2.06. The summed E-state index contributed by atoms with van der Waals surface area (Å²) in [4.78, 5) is 23.4. The quantitative estimate of drug-likeness (QED) is 0.391. The molecule has 0 aliphatic heterocycles. The van der Waals surface area contributed by atoms with E-state index in [9.17, 15) is 9.00 Å². The third kappa shape index (κ3) is 4.15. The van der Waals surface area contributed by atoms with Crippen molar-refractivity contribution in [3.05, 3.63) is 71.3 Å². The van der Waals surface area contributed by atoms with Gasteiger partial charge in [-0.25, -0.2) is 18.9 Å². The van der Waals surface area contributed by atoms with Crippen LogP contribution in [-0.2, 0) is 24.7 Å². The van der Waals surface area contributed by atoms with E-state index in [2.05, 4.69) is 19.7 Å². The van der Waals surface area contributed by atoms with Crippen LogP contribution in [0.2, 0.25) is 0 Å². The van der Waals surface area contributed by atoms with Gasteiger partial charge in [-0.3, -0.25) is 9.35 Å². The van der Waals surface area contributed by atoms with Crippen LogP contribution in [0.4, 0.5) is 0 Å². The molecule has 3 heterocycles. The lowest BCUT2D eigenvalue weighted by atomic mass is 9.99. The van der Waals surface area contributed by atoms with E-state index in [0.29, 0.717) is 30.0 Å². The first-order valence-electron chi connectivity index (χ1n) is 9.10. The maximum atomic E-state index is 12.4. The molecule has 9 nitrogen and oxygen atoms in total. The lowest BCUT2D eigenvalue weighted by Gasteiger charge is -2.15. The van der Waals surface area contributed by atoms with E-state index in [-0.39, 0.29) is 5.56 Å². The van der Waals surface area contributed by atoms with Crippen LogP contribution in [-0.4, -0.2) is 34.8 Å². The summed E-state index contributed by atoms with van der Waals surface area (Å²) in [6, 6.07) is 7.52. The Morgan fingerprint density at radius 3 is 2.80 bits per heavy atom. The topological polar surface area (TPSA) is 122 Å². The highest BCUT2D eigenvalue weighted by molar-refractivity contribution is 7.77. The van der Waals surface area contributed by atoms with E-state index in [1.807, 2.05) is 24.3 Å². The van der Waals surface area contributed by atoms with Crippen molar-refractivity contribution >= 4 is 22.2 Å². The minimum absolute atomic E-state index is 0.122. The number of nitrogens with one attached hydrogen (secondary N) is 2. The van der Waals surface area contributed by atoms with E-state index in [1.54, 1.807) is 31.8 Å². The molecule has 0 radical (unpaired) electrons. The van der Waals surface area contributed by atoms with Crippen molar-refractivity contribution in [2.45, 2.75) is 6.42 Å². The summed E-state index contributed by atoms with van der Waals surface area (Å²) in [6.07, 6.45) is 8.59. The molecule has 0 bridgehead atoms. The highest BCUT2D eigenvalue weighted by Crippen LogP contribution is 2.37. The van der Waals surface area contributed by atoms with Crippen molar-refractivity contribution in [3.63, 3.8) is 0 Å². The lowest BCUT2D eigenvalue weighted by molar-refractivity contribution is 0.479. The number of hydrogen-bond acceptors (Lipinski definition) is 5. The second-order valence-electron chi connectivity index (χ2n) is 6.63. The van der Waals surface area contributed by atoms with Crippen LogP contribution in [0, 0.1) is 0 Å². The summed E-state index contributed by atoms with van der Waals surface area (Å²) in [5.41, 5.74) is 2.93. The van der Waals surface area contributed by atoms with Crippen LogP contribution in [0.3, 0.4) is 0 Å². The molecule has 4 rings (SSSR count). The minimum Gasteiger partial charge on any atom is -0.453 e. The number of nitrogens with zero attached hydrogens (tertiary/aromatic N) is 3. The maximum Gasteiger partial charge on any atom is 0.274 e. The van der Waals surface area contributed by atoms with Gasteiger partial charge in [-0.1, -0.05) is 6.07 Å². The molecule has 0 spiro atoms. The number of pyridine rings is 1. The summed E-state index contributed by atoms with van der Waals surface area (Å²) in [7, 11) is 1.70. The van der Waals surface area contributed by atoms with Crippen molar-refractivity contribution in [2.24, 2.45) is 7.05 Å². The molecular weight excluding hydrogens is 406 g/mol. The van der Waals surface area contributed by atoms with Crippen molar-refractivity contribution in [3.8, 4) is 22.6 Å². The summed E-state index contributed by atoms with van der Waals surface area (Å²) in [5, 5.41) is 0.777. The Hall–Kier alpha value is -3.34. The van der Waals surface area contributed by atoms with Crippen molar-refractivity contribution in [1.29, 1.82) is 0 Å². The predicted octanol–water partition coefficient (Wildman–Crippen LogP) is 2.38. The Kier molecular flexibility index (Phi) is 5.70. The van der Waals surface area contributed by atoms with Gasteiger partial charge >= 0.3 is 0 Å². The average molecular weight is 425 g/mol. The number of aromatic nitrogens is 4. The van der Waals surface area contributed by atoms with E-state index >= 15 is 0 Å². The Morgan fingerprint density at radius 2 is 2.03 bits per heavy atom. The molecule has 0 aliphatic rings. The number of H-pyrrole nitrogens is 1. The fourth-order valence-electron chi connectivity index (χ4n) is 3.26. The minimum atomic E-state index is -2.06. The largest absolute Gasteiger partial charge is 0.453 e. The van der Waals surface area contributed by atoms with Crippen LogP contribution in [0.1, 0.15) is 5.56 Å². The number of benzene rings is 1. The first-order chi connectivity index (χ1) is 14.5. The SMILES string of the molecule is Cn1cc(-c2cc(CCNS(=O)O)ccc2Oc2cncnc2)c2cc[nH]c2c1=O. The molecular formula is C20H19N5O4S. The van der Waals surface area contributed by atoms with E-state index in [1.165, 1.54) is 10.9 Å². The fraction of sp³-hybridized carbons (Fsp3) is 0.150. The summed E-state index contributed by atoms with van der Waals surface area (Å²) in [5.74, 6) is 1.06. The monoisotopic (exact) mass is 425 g/mol. The first kappa shape index (κ1) is 20.0. The molecule has 0 amide bonds. The lowest BCUT2D eigenvalue weighted by Crippen LogP contribution is -2.19. The van der Waals surface area contributed by atoms with Gasteiger partial charge in [0.15, 0.2) is 5.75 Å². The molecule has 10 heteroatoms. The third-order valence-electron chi connectivity index (χ3n) is 4.63. The Morgan fingerprint density at radius 1 is 1.23 bits per heavy atom. The van der Waals surface area contributed by atoms with Gasteiger partial charge in [-0.2, -0.15) is 0 Å². The van der Waals surface area contributed by atoms with Crippen LogP contribution >= 0.6 is 0 Å². The molecule has 1 unspecified atom stereocenters. The number of aromatic amines is 1. The molecule has 0 aliphatic carbocycles. The van der Waals surface area contributed by atoms with E-state index < -0.39 is 11.3 Å². The van der Waals surface area contributed by atoms with Gasteiger partial charge in [0.05, 0.1) is 12.4 Å². The van der Waals surface area contributed by atoms with Gasteiger partial charge in [0, 0.05) is 42.5 Å². The van der Waals surface area contributed by atoms with E-state index in [4.69, 9.17) is 9.29 Å². The van der Waals surface area contributed by atoms with Crippen molar-refractivity contribution in [1.82, 2.24) is 24.2 Å². The Balaban J connectivity index is 1.82. The molecule has 4 aromatic rings. The second kappa shape index (κ2) is 8.57. The highest BCUT2D eigenvalue weighted by Gasteiger charge is 2.15. The summed E-state index contributed by atoms with van der Waals surface area (Å²) in [6.45, 7) is 0.335. The first-order valence-corrected chi connectivity index (χ1v) is 10.2. The molecule has 0 saturated carbocycles. The number of ether oxygens (including phenoxy) is 1. The Labute approximate surface area is 174 Å².